The van der Waals surface area contributed by atoms with Gasteiger partial charge in [0.15, 0.2) is 0 Å². The molecule has 0 fully saturated rings. The van der Waals surface area contributed by atoms with E-state index in [1.807, 2.05) is 0 Å². The van der Waals surface area contributed by atoms with Crippen LogP contribution in [0.15, 0.2) is 6.07 Å². The topological polar surface area (TPSA) is 72.2 Å². The molecule has 0 aromatic carbocycles. The van der Waals surface area contributed by atoms with Gasteiger partial charge in [-0.15, -0.1) is 0 Å². The minimum Gasteiger partial charge on any atom is -0.481 e. The predicted octanol–water partition coefficient (Wildman–Crippen LogP) is 1.69. The molecular weight excluding hydrogens is 234 g/mol. The monoisotopic (exact) mass is 242 g/mol. The van der Waals surface area contributed by atoms with E-state index >= 15 is 0 Å². The van der Waals surface area contributed by atoms with Crippen LogP contribution in [0.5, 0.6) is 5.88 Å². The van der Waals surface area contributed by atoms with Crippen LogP contribution < -0.4 is 4.74 Å². The quantitative estimate of drug-likeness (QED) is 0.754. The van der Waals surface area contributed by atoms with Crippen LogP contribution in [0.3, 0.4) is 0 Å². The average Bonchev–Trinajstić information content (AvgIpc) is 2.35. The number of ether oxygens (including phenoxy) is 2. The fraction of sp³-hybridized carbons (Fsp3) is 0.300. The number of methoxy groups -OCH3 is 2. The second-order valence-electron chi connectivity index (χ2n) is 2.88. The van der Waals surface area contributed by atoms with Crippen molar-refractivity contribution in [2.24, 2.45) is 0 Å². The second kappa shape index (κ2) is 5.21. The lowest BCUT2D eigenvalue weighted by Crippen LogP contribution is -2.09. The Hall–Kier alpha value is -2.23. The van der Waals surface area contributed by atoms with Crippen molar-refractivity contribution in [2.75, 3.05) is 14.2 Å². The maximum absolute atomic E-state index is 12.7. The molecule has 0 aliphatic heterocycles. The van der Waals surface area contributed by atoms with Gasteiger partial charge >= 0.3 is 5.97 Å². The Morgan fingerprint density at radius 1 is 1.53 bits per heavy atom. The summed E-state index contributed by atoms with van der Waals surface area (Å²) < 4.78 is 34.4. The van der Waals surface area contributed by atoms with Gasteiger partial charge in [-0.05, 0) is 0 Å². The van der Waals surface area contributed by atoms with E-state index in [2.05, 4.69) is 14.5 Å². The zero-order valence-corrected chi connectivity index (χ0v) is 9.03. The van der Waals surface area contributed by atoms with Crippen molar-refractivity contribution in [3.63, 3.8) is 0 Å². The lowest BCUT2D eigenvalue weighted by atomic mass is 10.1. The Balaban J connectivity index is 3.52. The van der Waals surface area contributed by atoms with Gasteiger partial charge in [0, 0.05) is 6.07 Å². The normalized spacial score (nSPS) is 9.88. The van der Waals surface area contributed by atoms with Gasteiger partial charge < -0.3 is 9.47 Å². The molecule has 17 heavy (non-hydrogen) atoms. The summed E-state index contributed by atoms with van der Waals surface area (Å²) in [4.78, 5) is 14.8. The number of carbonyl (C=O) groups is 1. The highest BCUT2D eigenvalue weighted by Gasteiger charge is 2.24. The molecule has 0 unspecified atom stereocenters. The molecule has 0 atom stereocenters. The van der Waals surface area contributed by atoms with Crippen molar-refractivity contribution in [1.82, 2.24) is 4.98 Å². The zero-order chi connectivity index (χ0) is 13.0. The Morgan fingerprint density at radius 3 is 2.59 bits per heavy atom. The molecular formula is C10H8F2N2O3. The van der Waals surface area contributed by atoms with E-state index in [9.17, 15) is 13.6 Å². The summed E-state index contributed by atoms with van der Waals surface area (Å²) in [6.07, 6.45) is -2.98. The van der Waals surface area contributed by atoms with Gasteiger partial charge in [-0.3, -0.25) is 0 Å². The molecule has 0 saturated heterocycles. The molecule has 1 rings (SSSR count). The number of rotatable bonds is 3. The van der Waals surface area contributed by atoms with Crippen LogP contribution in [0.25, 0.3) is 0 Å². The number of alkyl halides is 2. The van der Waals surface area contributed by atoms with Crippen molar-refractivity contribution in [1.29, 1.82) is 5.26 Å². The molecule has 5 nitrogen and oxygen atoms in total. The van der Waals surface area contributed by atoms with Gasteiger partial charge in [0.25, 0.3) is 6.43 Å². The maximum atomic E-state index is 12.7. The number of hydrogen-bond acceptors (Lipinski definition) is 5. The number of pyridine rings is 1. The first-order valence-electron chi connectivity index (χ1n) is 4.40. The van der Waals surface area contributed by atoms with Gasteiger partial charge in [0.2, 0.25) is 5.88 Å². The van der Waals surface area contributed by atoms with Crippen molar-refractivity contribution >= 4 is 5.97 Å². The van der Waals surface area contributed by atoms with Crippen LogP contribution in [0, 0.1) is 11.3 Å². The molecule has 0 spiro atoms. The van der Waals surface area contributed by atoms with E-state index in [-0.39, 0.29) is 11.4 Å². The summed E-state index contributed by atoms with van der Waals surface area (Å²) in [5.74, 6) is -1.08. The first-order valence-corrected chi connectivity index (χ1v) is 4.40. The van der Waals surface area contributed by atoms with Crippen LogP contribution in [-0.2, 0) is 4.74 Å². The van der Waals surface area contributed by atoms with Gasteiger partial charge in [-0.2, -0.15) is 5.26 Å². The molecule has 0 saturated carbocycles. The number of halogens is 2. The SMILES string of the molecule is COC(=O)c1cc(OC)nc(C(F)F)c1C#N. The van der Waals surface area contributed by atoms with Crippen molar-refractivity contribution in [3.05, 3.63) is 22.9 Å². The van der Waals surface area contributed by atoms with E-state index in [1.165, 1.54) is 13.2 Å². The van der Waals surface area contributed by atoms with Crippen molar-refractivity contribution < 1.29 is 23.0 Å². The molecule has 1 aromatic rings. The van der Waals surface area contributed by atoms with E-state index in [0.29, 0.717) is 0 Å². The molecule has 0 radical (unpaired) electrons. The third-order valence-corrected chi connectivity index (χ3v) is 1.96. The van der Waals surface area contributed by atoms with Crippen LogP contribution in [0.2, 0.25) is 0 Å². The molecule has 0 amide bonds. The molecule has 90 valence electrons. The van der Waals surface area contributed by atoms with Gasteiger partial charge in [-0.25, -0.2) is 18.6 Å². The number of nitrogens with zero attached hydrogens (tertiary/aromatic N) is 2. The average molecular weight is 242 g/mol. The van der Waals surface area contributed by atoms with E-state index in [1.54, 1.807) is 0 Å². The summed E-state index contributed by atoms with van der Waals surface area (Å²) in [6, 6.07) is 2.59. The Kier molecular flexibility index (Phi) is 3.93. The zero-order valence-electron chi connectivity index (χ0n) is 9.03. The van der Waals surface area contributed by atoms with Crippen molar-refractivity contribution in [3.8, 4) is 11.9 Å². The third kappa shape index (κ3) is 2.47. The molecule has 0 bridgehead atoms. The third-order valence-electron chi connectivity index (χ3n) is 1.96. The van der Waals surface area contributed by atoms with Crippen LogP contribution in [-0.4, -0.2) is 25.2 Å². The highest BCUT2D eigenvalue weighted by atomic mass is 19.3. The molecule has 1 aromatic heterocycles. The number of esters is 1. The second-order valence-corrected chi connectivity index (χ2v) is 2.88. The van der Waals surface area contributed by atoms with E-state index in [0.717, 1.165) is 13.2 Å². The smallest absolute Gasteiger partial charge is 0.339 e. The minimum absolute atomic E-state index is 0.181. The number of aromatic nitrogens is 1. The molecule has 1 heterocycles. The number of nitriles is 1. The lowest BCUT2D eigenvalue weighted by Gasteiger charge is -2.09. The summed E-state index contributed by atoms with van der Waals surface area (Å²) in [5, 5.41) is 8.78. The Morgan fingerprint density at radius 2 is 2.18 bits per heavy atom. The largest absolute Gasteiger partial charge is 0.481 e. The first kappa shape index (κ1) is 12.8. The Bertz CT molecular complexity index is 483. The molecule has 7 heteroatoms. The first-order chi connectivity index (χ1) is 8.04. The van der Waals surface area contributed by atoms with Crippen LogP contribution in [0.4, 0.5) is 8.78 Å². The summed E-state index contributed by atoms with van der Waals surface area (Å²) >= 11 is 0. The summed E-state index contributed by atoms with van der Waals surface area (Å²) in [6.45, 7) is 0. The standard InChI is InChI=1S/C10H8F2N2O3/c1-16-7-3-5(10(15)17-2)6(4-13)8(14-7)9(11)12/h3,9H,1-2H3. The van der Waals surface area contributed by atoms with E-state index in [4.69, 9.17) is 5.26 Å². The molecule has 0 aliphatic rings. The minimum atomic E-state index is -2.98. The number of hydrogen-bond donors (Lipinski definition) is 0. The molecule has 0 N–H and O–H groups in total. The fourth-order valence-electron chi connectivity index (χ4n) is 1.19. The van der Waals surface area contributed by atoms with Crippen LogP contribution >= 0.6 is 0 Å². The highest BCUT2D eigenvalue weighted by Crippen LogP contribution is 2.26. The summed E-state index contributed by atoms with van der Waals surface area (Å²) in [7, 11) is 2.29. The van der Waals surface area contributed by atoms with Gasteiger partial charge in [-0.1, -0.05) is 0 Å². The maximum Gasteiger partial charge on any atom is 0.339 e. The fourth-order valence-corrected chi connectivity index (χ4v) is 1.19. The van der Waals surface area contributed by atoms with Crippen molar-refractivity contribution in [2.45, 2.75) is 6.43 Å². The number of carbonyl (C=O) groups excluding carboxylic acids is 1. The Labute approximate surface area is 95.6 Å². The lowest BCUT2D eigenvalue weighted by molar-refractivity contribution is 0.0599. The van der Waals surface area contributed by atoms with Gasteiger partial charge in [0.1, 0.15) is 11.8 Å². The van der Waals surface area contributed by atoms with Gasteiger partial charge in [0.05, 0.1) is 25.3 Å². The molecule has 0 aliphatic carbocycles. The highest BCUT2D eigenvalue weighted by molar-refractivity contribution is 5.92. The van der Waals surface area contributed by atoms with Crippen LogP contribution in [0.1, 0.15) is 28.0 Å². The van der Waals surface area contributed by atoms with E-state index < -0.39 is 23.7 Å². The summed E-state index contributed by atoms with van der Waals surface area (Å²) in [5.41, 5.74) is -1.60. The predicted molar refractivity (Wildman–Crippen MR) is 51.8 cm³/mol.